The second kappa shape index (κ2) is 5.83. The summed E-state index contributed by atoms with van der Waals surface area (Å²) in [7, 11) is 1.84. The summed E-state index contributed by atoms with van der Waals surface area (Å²) in [4.78, 5) is 17.2. The van der Waals surface area contributed by atoms with Crippen molar-refractivity contribution in [2.75, 3.05) is 10.7 Å². The van der Waals surface area contributed by atoms with Gasteiger partial charge in [-0.1, -0.05) is 0 Å². The van der Waals surface area contributed by atoms with E-state index in [0.29, 0.717) is 18.1 Å². The highest BCUT2D eigenvalue weighted by atomic mass is 15.4. The zero-order valence-electron chi connectivity index (χ0n) is 13.5. The van der Waals surface area contributed by atoms with Gasteiger partial charge in [0.15, 0.2) is 17.3 Å². The zero-order chi connectivity index (χ0) is 17.4. The Morgan fingerprint density at radius 1 is 1.12 bits per heavy atom. The number of aryl methyl sites for hydroxylation is 1. The molecule has 0 aromatic carbocycles. The summed E-state index contributed by atoms with van der Waals surface area (Å²) in [6.07, 6.45) is 12.2. The van der Waals surface area contributed by atoms with Gasteiger partial charge in [0.1, 0.15) is 0 Å². The van der Waals surface area contributed by atoms with Crippen LogP contribution in [0.15, 0.2) is 43.4 Å². The van der Waals surface area contributed by atoms with E-state index in [4.69, 9.17) is 11.6 Å². The van der Waals surface area contributed by atoms with Crippen molar-refractivity contribution in [3.8, 4) is 11.3 Å². The molecule has 0 amide bonds. The lowest BCUT2D eigenvalue weighted by Gasteiger charge is -2.18. The van der Waals surface area contributed by atoms with Crippen LogP contribution >= 0.6 is 0 Å². The molecule has 0 bridgehead atoms. The van der Waals surface area contributed by atoms with Crippen LogP contribution in [0.1, 0.15) is 5.69 Å². The van der Waals surface area contributed by atoms with E-state index in [1.807, 2.05) is 30.0 Å². The molecule has 0 unspecified atom stereocenters. The molecule has 0 atom stereocenters. The van der Waals surface area contributed by atoms with E-state index in [-0.39, 0.29) is 5.82 Å². The highest BCUT2D eigenvalue weighted by Gasteiger charge is 2.14. The quantitative estimate of drug-likeness (QED) is 0.404. The molecule has 0 radical (unpaired) electrons. The van der Waals surface area contributed by atoms with Crippen molar-refractivity contribution in [1.82, 2.24) is 34.1 Å². The van der Waals surface area contributed by atoms with Gasteiger partial charge in [-0.05, 0) is 0 Å². The number of nitrogens with zero attached hydrogens (tertiary/aromatic N) is 8. The Balaban J connectivity index is 1.63. The minimum absolute atomic E-state index is 0.249. The van der Waals surface area contributed by atoms with Crippen molar-refractivity contribution in [2.45, 2.75) is 6.54 Å². The molecule has 0 fully saturated rings. The number of hydrogen-bond donors (Lipinski definition) is 2. The van der Waals surface area contributed by atoms with E-state index < -0.39 is 0 Å². The predicted molar refractivity (Wildman–Crippen MR) is 92.0 cm³/mol. The summed E-state index contributed by atoms with van der Waals surface area (Å²) < 4.78 is 3.56. The molecule has 0 saturated carbocycles. The number of fused-ring (bicyclic) bond motifs is 1. The van der Waals surface area contributed by atoms with E-state index in [2.05, 4.69) is 25.0 Å². The van der Waals surface area contributed by atoms with Gasteiger partial charge in [-0.3, -0.25) is 14.7 Å². The molecule has 10 heteroatoms. The molecular formula is C15H16N10. The van der Waals surface area contributed by atoms with Gasteiger partial charge in [0.05, 0.1) is 36.5 Å². The Kier molecular flexibility index (Phi) is 3.51. The second-order valence-corrected chi connectivity index (χ2v) is 5.57. The normalized spacial score (nSPS) is 11.1. The smallest absolute Gasteiger partial charge is 0.186 e. The fraction of sp³-hybridized carbons (Fsp3) is 0.133. The Morgan fingerprint density at radius 3 is 2.80 bits per heavy atom. The molecule has 0 saturated heterocycles. The lowest BCUT2D eigenvalue weighted by molar-refractivity contribution is 0.768. The standard InChI is InChI=1S/C15H16N10/c1-23-7-10(4-21-23)12-5-20-14(16)15(22-12)25(17)9-11-8-24-3-2-18-13(24)6-19-11/h2-8H,9,17H2,1H3,(H2,16,20). The van der Waals surface area contributed by atoms with Crippen LogP contribution in [0.4, 0.5) is 11.6 Å². The van der Waals surface area contributed by atoms with E-state index in [1.54, 1.807) is 29.5 Å². The first-order valence-corrected chi connectivity index (χ1v) is 7.51. The lowest BCUT2D eigenvalue weighted by atomic mass is 10.2. The molecule has 0 aliphatic rings. The van der Waals surface area contributed by atoms with Crippen LogP contribution in [0, 0.1) is 0 Å². The second-order valence-electron chi connectivity index (χ2n) is 5.57. The molecule has 126 valence electrons. The van der Waals surface area contributed by atoms with Gasteiger partial charge < -0.3 is 10.1 Å². The maximum Gasteiger partial charge on any atom is 0.186 e. The van der Waals surface area contributed by atoms with Crippen molar-refractivity contribution >= 4 is 17.3 Å². The first-order valence-electron chi connectivity index (χ1n) is 7.51. The van der Waals surface area contributed by atoms with Gasteiger partial charge in [0.25, 0.3) is 0 Å². The monoisotopic (exact) mass is 336 g/mol. The Morgan fingerprint density at radius 2 is 2.00 bits per heavy atom. The maximum atomic E-state index is 6.16. The predicted octanol–water partition coefficient (Wildman–Crippen LogP) is 0.382. The fourth-order valence-electron chi connectivity index (χ4n) is 2.49. The lowest BCUT2D eigenvalue weighted by Crippen LogP contribution is -2.32. The molecule has 4 aromatic rings. The van der Waals surface area contributed by atoms with Crippen molar-refractivity contribution < 1.29 is 0 Å². The number of nitrogen functional groups attached to an aromatic ring is 1. The van der Waals surface area contributed by atoms with Gasteiger partial charge in [-0.15, -0.1) is 0 Å². The summed E-state index contributed by atoms with van der Waals surface area (Å²) in [6.45, 7) is 0.323. The third-order valence-electron chi connectivity index (χ3n) is 3.72. The van der Waals surface area contributed by atoms with E-state index >= 15 is 0 Å². The Bertz CT molecular complexity index is 1030. The SMILES string of the molecule is Cn1cc(-c2cnc(N)c(N(N)Cc3cn4ccnc4cn3)n2)cn1. The molecule has 10 nitrogen and oxygen atoms in total. The van der Waals surface area contributed by atoms with Crippen molar-refractivity contribution in [3.63, 3.8) is 0 Å². The van der Waals surface area contributed by atoms with Crippen molar-refractivity contribution in [3.05, 3.63) is 49.1 Å². The molecule has 0 spiro atoms. The largest absolute Gasteiger partial charge is 0.381 e. The molecule has 4 N–H and O–H groups in total. The number of aromatic nitrogens is 7. The molecule has 4 aromatic heterocycles. The molecule has 0 aliphatic heterocycles. The summed E-state index contributed by atoms with van der Waals surface area (Å²) in [5.74, 6) is 6.80. The number of nitrogens with two attached hydrogens (primary N) is 2. The van der Waals surface area contributed by atoms with Crippen molar-refractivity contribution in [1.29, 1.82) is 0 Å². The van der Waals surface area contributed by atoms with E-state index in [9.17, 15) is 0 Å². The highest BCUT2D eigenvalue weighted by molar-refractivity contribution is 5.64. The minimum atomic E-state index is 0.249. The highest BCUT2D eigenvalue weighted by Crippen LogP contribution is 2.23. The summed E-state index contributed by atoms with van der Waals surface area (Å²) >= 11 is 0. The van der Waals surface area contributed by atoms with Crippen LogP contribution in [-0.4, -0.2) is 34.1 Å². The Hall–Kier alpha value is -3.53. The van der Waals surface area contributed by atoms with Crippen LogP contribution in [-0.2, 0) is 13.6 Å². The number of hydrogen-bond acceptors (Lipinski definition) is 8. The van der Waals surface area contributed by atoms with Gasteiger partial charge in [-0.2, -0.15) is 5.10 Å². The third-order valence-corrected chi connectivity index (χ3v) is 3.72. The molecular weight excluding hydrogens is 320 g/mol. The molecule has 25 heavy (non-hydrogen) atoms. The van der Waals surface area contributed by atoms with Crippen LogP contribution in [0.2, 0.25) is 0 Å². The molecule has 4 rings (SSSR count). The van der Waals surface area contributed by atoms with Gasteiger partial charge >= 0.3 is 0 Å². The third kappa shape index (κ3) is 2.85. The Labute approximate surface area is 142 Å². The summed E-state index contributed by atoms with van der Waals surface area (Å²) in [6, 6.07) is 0. The first kappa shape index (κ1) is 15.0. The van der Waals surface area contributed by atoms with Crippen molar-refractivity contribution in [2.24, 2.45) is 12.9 Å². The fourth-order valence-corrected chi connectivity index (χ4v) is 2.49. The minimum Gasteiger partial charge on any atom is -0.381 e. The molecule has 0 aliphatic carbocycles. The number of hydrazine groups is 1. The number of anilines is 2. The molecule has 4 heterocycles. The number of rotatable bonds is 4. The topological polar surface area (TPSA) is 129 Å². The number of imidazole rings is 1. The average molecular weight is 336 g/mol. The summed E-state index contributed by atoms with van der Waals surface area (Å²) in [5, 5.41) is 5.56. The van der Waals surface area contributed by atoms with Gasteiger partial charge in [-0.25, -0.2) is 20.8 Å². The first-order chi connectivity index (χ1) is 12.1. The van der Waals surface area contributed by atoms with Crippen LogP contribution in [0.5, 0.6) is 0 Å². The van der Waals surface area contributed by atoms with Gasteiger partial charge in [0, 0.05) is 37.4 Å². The van der Waals surface area contributed by atoms with Crippen LogP contribution in [0.25, 0.3) is 16.9 Å². The van der Waals surface area contributed by atoms with Crippen LogP contribution in [0.3, 0.4) is 0 Å². The van der Waals surface area contributed by atoms with Gasteiger partial charge in [0.2, 0.25) is 0 Å². The van der Waals surface area contributed by atoms with E-state index in [1.165, 1.54) is 5.01 Å². The zero-order valence-corrected chi connectivity index (χ0v) is 13.5. The summed E-state index contributed by atoms with van der Waals surface area (Å²) in [5.41, 5.74) is 8.95. The maximum absolute atomic E-state index is 6.16. The van der Waals surface area contributed by atoms with E-state index in [0.717, 1.165) is 16.9 Å². The average Bonchev–Trinajstić information content (AvgIpc) is 3.23. The van der Waals surface area contributed by atoms with Crippen LogP contribution < -0.4 is 16.6 Å².